The molecule has 0 saturated carbocycles. The van der Waals surface area contributed by atoms with Crippen LogP contribution in [0.4, 0.5) is 5.69 Å². The molecule has 1 aromatic carbocycles. The van der Waals surface area contributed by atoms with Crippen LogP contribution in [0, 0.1) is 5.41 Å². The zero-order valence-corrected chi connectivity index (χ0v) is 10.9. The number of aliphatic hydroxyl groups excluding tert-OH is 1. The monoisotopic (exact) mass is 235 g/mol. The molecule has 2 rings (SSSR count). The van der Waals surface area contributed by atoms with Crippen molar-refractivity contribution in [1.82, 2.24) is 0 Å². The largest absolute Gasteiger partial charge is 0.496 e. The highest BCUT2D eigenvalue weighted by atomic mass is 16.5. The summed E-state index contributed by atoms with van der Waals surface area (Å²) < 4.78 is 5.33. The van der Waals surface area contributed by atoms with Crippen molar-refractivity contribution >= 4 is 5.69 Å². The average Bonchev–Trinajstić information content (AvgIpc) is 2.26. The van der Waals surface area contributed by atoms with Crippen LogP contribution in [0.25, 0.3) is 0 Å². The van der Waals surface area contributed by atoms with Crippen molar-refractivity contribution in [2.45, 2.75) is 39.3 Å². The van der Waals surface area contributed by atoms with E-state index >= 15 is 0 Å². The van der Waals surface area contributed by atoms with Gasteiger partial charge in [-0.05, 0) is 17.5 Å². The second kappa shape index (κ2) is 4.22. The molecule has 0 saturated heterocycles. The van der Waals surface area contributed by atoms with Crippen LogP contribution >= 0.6 is 0 Å². The van der Waals surface area contributed by atoms with Gasteiger partial charge in [0.15, 0.2) is 0 Å². The van der Waals surface area contributed by atoms with Crippen LogP contribution < -0.4 is 10.1 Å². The highest BCUT2D eigenvalue weighted by molar-refractivity contribution is 5.60. The van der Waals surface area contributed by atoms with Gasteiger partial charge in [-0.2, -0.15) is 0 Å². The molecule has 2 unspecified atom stereocenters. The molecule has 3 heteroatoms. The summed E-state index contributed by atoms with van der Waals surface area (Å²) in [5, 5.41) is 13.7. The highest BCUT2D eigenvalue weighted by Crippen LogP contribution is 2.37. The van der Waals surface area contributed by atoms with Gasteiger partial charge in [0.1, 0.15) is 5.75 Å². The molecule has 0 bridgehead atoms. The van der Waals surface area contributed by atoms with Gasteiger partial charge in [-0.3, -0.25) is 0 Å². The fraction of sp³-hybridized carbons (Fsp3) is 0.571. The number of methoxy groups -OCH3 is 1. The first kappa shape index (κ1) is 12.2. The minimum Gasteiger partial charge on any atom is -0.496 e. The zero-order chi connectivity index (χ0) is 12.6. The van der Waals surface area contributed by atoms with Crippen molar-refractivity contribution in [2.24, 2.45) is 5.41 Å². The smallest absolute Gasteiger partial charge is 0.124 e. The van der Waals surface area contributed by atoms with Crippen molar-refractivity contribution < 1.29 is 9.84 Å². The van der Waals surface area contributed by atoms with Gasteiger partial charge < -0.3 is 15.2 Å². The van der Waals surface area contributed by atoms with Gasteiger partial charge >= 0.3 is 0 Å². The number of hydrogen-bond donors (Lipinski definition) is 2. The maximum atomic E-state index is 10.3. The number of ether oxygens (including phenoxy) is 1. The molecule has 17 heavy (non-hydrogen) atoms. The molecule has 2 atom stereocenters. The van der Waals surface area contributed by atoms with Gasteiger partial charge in [0.2, 0.25) is 0 Å². The van der Waals surface area contributed by atoms with Crippen LogP contribution in [0.5, 0.6) is 5.75 Å². The molecule has 1 heterocycles. The molecule has 1 aromatic rings. The lowest BCUT2D eigenvalue weighted by atomic mass is 9.79. The van der Waals surface area contributed by atoms with Gasteiger partial charge in [0.05, 0.1) is 19.3 Å². The van der Waals surface area contributed by atoms with Crippen LogP contribution in [0.3, 0.4) is 0 Å². The lowest BCUT2D eigenvalue weighted by Gasteiger charge is -2.40. The molecule has 0 aromatic heterocycles. The van der Waals surface area contributed by atoms with E-state index in [1.165, 1.54) is 0 Å². The first-order valence-corrected chi connectivity index (χ1v) is 6.04. The van der Waals surface area contributed by atoms with E-state index in [-0.39, 0.29) is 17.6 Å². The molecule has 0 radical (unpaired) electrons. The van der Waals surface area contributed by atoms with Crippen LogP contribution in [0.1, 0.15) is 26.3 Å². The predicted molar refractivity (Wildman–Crippen MR) is 69.6 cm³/mol. The maximum Gasteiger partial charge on any atom is 0.124 e. The van der Waals surface area contributed by atoms with E-state index in [2.05, 4.69) is 26.1 Å². The lowest BCUT2D eigenvalue weighted by molar-refractivity contribution is 0.0979. The summed E-state index contributed by atoms with van der Waals surface area (Å²) in [6, 6.07) is 6.02. The van der Waals surface area contributed by atoms with E-state index < -0.39 is 0 Å². The summed E-state index contributed by atoms with van der Waals surface area (Å²) in [7, 11) is 1.66. The third-order valence-electron chi connectivity index (χ3n) is 3.40. The summed E-state index contributed by atoms with van der Waals surface area (Å²) in [5.41, 5.74) is 2.18. The Kier molecular flexibility index (Phi) is 3.04. The Labute approximate surface area is 103 Å². The number of nitrogens with one attached hydrogen (secondary N) is 1. The summed E-state index contributed by atoms with van der Waals surface area (Å²) in [5.74, 6) is 0.849. The molecular formula is C14H21NO2. The molecule has 2 N–H and O–H groups in total. The predicted octanol–water partition coefficient (Wildman–Crippen LogP) is 2.44. The van der Waals surface area contributed by atoms with E-state index in [9.17, 15) is 5.11 Å². The first-order chi connectivity index (χ1) is 7.93. The Hall–Kier alpha value is -1.22. The van der Waals surface area contributed by atoms with Crippen LogP contribution in [-0.2, 0) is 6.42 Å². The Morgan fingerprint density at radius 2 is 2.06 bits per heavy atom. The van der Waals surface area contributed by atoms with Gasteiger partial charge in [-0.1, -0.05) is 26.8 Å². The lowest BCUT2D eigenvalue weighted by Crippen LogP contribution is -2.47. The Balaban J connectivity index is 2.36. The molecule has 1 aliphatic heterocycles. The average molecular weight is 235 g/mol. The normalized spacial score (nSPS) is 23.8. The van der Waals surface area contributed by atoms with Gasteiger partial charge in [0, 0.05) is 17.7 Å². The van der Waals surface area contributed by atoms with Crippen molar-refractivity contribution in [1.29, 1.82) is 0 Å². The number of rotatable bonds is 1. The Morgan fingerprint density at radius 3 is 2.65 bits per heavy atom. The second-order valence-corrected chi connectivity index (χ2v) is 5.75. The number of hydrogen-bond acceptors (Lipinski definition) is 3. The van der Waals surface area contributed by atoms with Crippen LogP contribution in [-0.4, -0.2) is 24.4 Å². The summed E-state index contributed by atoms with van der Waals surface area (Å²) in [6.07, 6.45) is 0.271. The minimum absolute atomic E-state index is 0.0280. The SMILES string of the molecule is COc1cccc2c1CC(O)C(C(C)(C)C)N2. The molecule has 0 fully saturated rings. The van der Waals surface area contributed by atoms with Crippen LogP contribution in [0.2, 0.25) is 0 Å². The molecule has 3 nitrogen and oxygen atoms in total. The van der Waals surface area contributed by atoms with E-state index in [0.717, 1.165) is 17.0 Å². The summed E-state index contributed by atoms with van der Waals surface area (Å²) in [4.78, 5) is 0. The summed E-state index contributed by atoms with van der Waals surface area (Å²) >= 11 is 0. The number of fused-ring (bicyclic) bond motifs is 1. The fourth-order valence-corrected chi connectivity index (χ4v) is 2.49. The molecule has 0 spiro atoms. The minimum atomic E-state index is -0.376. The third kappa shape index (κ3) is 2.25. The molecule has 1 aliphatic rings. The van der Waals surface area contributed by atoms with Gasteiger partial charge in [-0.15, -0.1) is 0 Å². The number of aliphatic hydroxyl groups is 1. The topological polar surface area (TPSA) is 41.5 Å². The van der Waals surface area contributed by atoms with Crippen molar-refractivity contribution in [3.8, 4) is 5.75 Å². The standard InChI is InChI=1S/C14H21NO2/c1-14(2,3)13-11(16)8-9-10(15-13)6-5-7-12(9)17-4/h5-7,11,13,15-16H,8H2,1-4H3. The Morgan fingerprint density at radius 1 is 1.35 bits per heavy atom. The molecule has 0 amide bonds. The number of anilines is 1. The van der Waals surface area contributed by atoms with Gasteiger partial charge in [-0.25, -0.2) is 0 Å². The summed E-state index contributed by atoms with van der Waals surface area (Å²) in [6.45, 7) is 6.41. The quantitative estimate of drug-likeness (QED) is 0.785. The van der Waals surface area contributed by atoms with E-state index in [4.69, 9.17) is 4.74 Å². The van der Waals surface area contributed by atoms with Crippen LogP contribution in [0.15, 0.2) is 18.2 Å². The van der Waals surface area contributed by atoms with E-state index in [1.807, 2.05) is 18.2 Å². The maximum absolute atomic E-state index is 10.3. The first-order valence-electron chi connectivity index (χ1n) is 6.04. The zero-order valence-electron chi connectivity index (χ0n) is 10.9. The van der Waals surface area contributed by atoms with Crippen molar-refractivity contribution in [3.63, 3.8) is 0 Å². The van der Waals surface area contributed by atoms with Crippen molar-refractivity contribution in [3.05, 3.63) is 23.8 Å². The Bertz CT molecular complexity index is 409. The highest BCUT2D eigenvalue weighted by Gasteiger charge is 2.35. The fourth-order valence-electron chi connectivity index (χ4n) is 2.49. The third-order valence-corrected chi connectivity index (χ3v) is 3.40. The van der Waals surface area contributed by atoms with Crippen molar-refractivity contribution in [2.75, 3.05) is 12.4 Å². The number of benzene rings is 1. The van der Waals surface area contributed by atoms with Gasteiger partial charge in [0.25, 0.3) is 0 Å². The molecular weight excluding hydrogens is 214 g/mol. The van der Waals surface area contributed by atoms with E-state index in [0.29, 0.717) is 6.42 Å². The second-order valence-electron chi connectivity index (χ2n) is 5.75. The van der Waals surface area contributed by atoms with E-state index in [1.54, 1.807) is 7.11 Å². The molecule has 94 valence electrons. The molecule has 0 aliphatic carbocycles.